The highest BCUT2D eigenvalue weighted by Gasteiger charge is 2.27. The molecule has 1 aromatic heterocycles. The van der Waals surface area contributed by atoms with Gasteiger partial charge in [0.2, 0.25) is 0 Å². The van der Waals surface area contributed by atoms with Crippen LogP contribution in [0.3, 0.4) is 0 Å². The summed E-state index contributed by atoms with van der Waals surface area (Å²) in [4.78, 5) is 0. The summed E-state index contributed by atoms with van der Waals surface area (Å²) >= 11 is 1.76. The Labute approximate surface area is 103 Å². The number of halogens is 1. The highest BCUT2D eigenvalue weighted by atomic mass is 32.2. The molecule has 2 unspecified atom stereocenters. The van der Waals surface area contributed by atoms with Crippen molar-refractivity contribution in [1.82, 2.24) is 0 Å². The van der Waals surface area contributed by atoms with Gasteiger partial charge in [-0.1, -0.05) is 12.1 Å². The van der Waals surface area contributed by atoms with Crippen LogP contribution >= 0.6 is 11.8 Å². The Morgan fingerprint density at radius 1 is 1.47 bits per heavy atom. The number of furan rings is 1. The molecule has 90 valence electrons. The van der Waals surface area contributed by atoms with E-state index in [0.29, 0.717) is 11.1 Å². The zero-order chi connectivity index (χ0) is 11.8. The van der Waals surface area contributed by atoms with Gasteiger partial charge in [0.25, 0.3) is 0 Å². The zero-order valence-electron chi connectivity index (χ0n) is 9.23. The Bertz CT molecular complexity index is 531. The van der Waals surface area contributed by atoms with E-state index in [1.807, 2.05) is 0 Å². The van der Waals surface area contributed by atoms with Crippen LogP contribution in [0.5, 0.6) is 0 Å². The molecule has 2 aromatic rings. The van der Waals surface area contributed by atoms with Crippen LogP contribution < -0.4 is 0 Å². The average molecular weight is 252 g/mol. The fourth-order valence-electron chi connectivity index (χ4n) is 2.23. The minimum absolute atomic E-state index is 0.179. The predicted octanol–water partition coefficient (Wildman–Crippen LogP) is 3.50. The van der Waals surface area contributed by atoms with Crippen LogP contribution in [0.2, 0.25) is 0 Å². The van der Waals surface area contributed by atoms with Crippen molar-refractivity contribution in [1.29, 1.82) is 0 Å². The van der Waals surface area contributed by atoms with Crippen LogP contribution in [-0.2, 0) is 0 Å². The lowest BCUT2D eigenvalue weighted by Gasteiger charge is -2.13. The molecular formula is C13H13FO2S. The van der Waals surface area contributed by atoms with E-state index in [9.17, 15) is 9.50 Å². The first-order valence-corrected chi connectivity index (χ1v) is 6.78. The lowest BCUT2D eigenvalue weighted by Crippen LogP contribution is -2.10. The molecule has 4 heteroatoms. The summed E-state index contributed by atoms with van der Waals surface area (Å²) in [6.45, 7) is 0. The minimum Gasteiger partial charge on any atom is -0.455 e. The lowest BCUT2D eigenvalue weighted by molar-refractivity contribution is 0.147. The molecule has 0 spiro atoms. The van der Waals surface area contributed by atoms with E-state index in [1.54, 1.807) is 30.0 Å². The molecule has 2 heterocycles. The molecule has 0 aliphatic carbocycles. The van der Waals surface area contributed by atoms with Crippen LogP contribution in [0.15, 0.2) is 28.7 Å². The smallest absolute Gasteiger partial charge is 0.170 e. The minimum atomic E-state index is -0.630. The molecule has 1 aliphatic heterocycles. The summed E-state index contributed by atoms with van der Waals surface area (Å²) in [5, 5.41) is 11.1. The normalized spacial score (nSPS) is 22.1. The van der Waals surface area contributed by atoms with Gasteiger partial charge in [-0.05, 0) is 30.7 Å². The average Bonchev–Trinajstić information content (AvgIpc) is 2.98. The van der Waals surface area contributed by atoms with E-state index in [4.69, 9.17) is 4.42 Å². The number of aliphatic hydroxyl groups excluding tert-OH is 1. The number of hydrogen-bond acceptors (Lipinski definition) is 3. The maximum atomic E-state index is 13.5. The molecule has 1 fully saturated rings. The number of thioether (sulfide) groups is 1. The number of aliphatic hydroxyl groups is 1. The first kappa shape index (κ1) is 11.1. The van der Waals surface area contributed by atoms with Crippen molar-refractivity contribution < 1.29 is 13.9 Å². The Morgan fingerprint density at radius 2 is 2.35 bits per heavy atom. The molecule has 1 saturated heterocycles. The molecule has 17 heavy (non-hydrogen) atoms. The molecule has 0 saturated carbocycles. The van der Waals surface area contributed by atoms with Crippen molar-refractivity contribution in [2.45, 2.75) is 24.2 Å². The van der Waals surface area contributed by atoms with E-state index < -0.39 is 6.10 Å². The number of benzene rings is 1. The van der Waals surface area contributed by atoms with Gasteiger partial charge in [-0.2, -0.15) is 11.8 Å². The Kier molecular flexibility index (Phi) is 2.84. The van der Waals surface area contributed by atoms with Gasteiger partial charge >= 0.3 is 0 Å². The van der Waals surface area contributed by atoms with E-state index in [-0.39, 0.29) is 16.7 Å². The predicted molar refractivity (Wildman–Crippen MR) is 66.6 cm³/mol. The Hall–Kier alpha value is -1.000. The maximum Gasteiger partial charge on any atom is 0.170 e. The van der Waals surface area contributed by atoms with Crippen LogP contribution in [-0.4, -0.2) is 16.1 Å². The van der Waals surface area contributed by atoms with Crippen LogP contribution in [0.4, 0.5) is 4.39 Å². The van der Waals surface area contributed by atoms with Crippen molar-refractivity contribution in [3.05, 3.63) is 35.8 Å². The van der Waals surface area contributed by atoms with Crippen LogP contribution in [0.1, 0.15) is 24.7 Å². The van der Waals surface area contributed by atoms with E-state index in [2.05, 4.69) is 0 Å². The molecule has 3 rings (SSSR count). The van der Waals surface area contributed by atoms with Gasteiger partial charge < -0.3 is 9.52 Å². The Morgan fingerprint density at radius 3 is 3.06 bits per heavy atom. The maximum absolute atomic E-state index is 13.5. The summed E-state index contributed by atoms with van der Waals surface area (Å²) in [5.41, 5.74) is 0.240. The molecule has 1 aliphatic rings. The zero-order valence-corrected chi connectivity index (χ0v) is 10.0. The quantitative estimate of drug-likeness (QED) is 0.888. The standard InChI is InChI=1S/C13H13FO2S/c14-9-4-1-3-8-7-10(16-13(8)9)12(15)11-5-2-6-17-11/h1,3-4,7,11-12,15H,2,5-6H2. The van der Waals surface area contributed by atoms with Crippen molar-refractivity contribution in [3.8, 4) is 0 Å². The van der Waals surface area contributed by atoms with E-state index >= 15 is 0 Å². The number of hydrogen-bond donors (Lipinski definition) is 1. The molecule has 1 aromatic carbocycles. The van der Waals surface area contributed by atoms with E-state index in [0.717, 1.165) is 18.6 Å². The fourth-order valence-corrected chi connectivity index (χ4v) is 3.51. The molecule has 2 nitrogen and oxygen atoms in total. The SMILES string of the molecule is OC(c1cc2cccc(F)c2o1)C1CCCS1. The third-order valence-corrected chi connectivity index (χ3v) is 4.57. The van der Waals surface area contributed by atoms with Gasteiger partial charge in [-0.3, -0.25) is 0 Å². The third-order valence-electron chi connectivity index (χ3n) is 3.12. The van der Waals surface area contributed by atoms with Gasteiger partial charge in [-0.25, -0.2) is 4.39 Å². The lowest BCUT2D eigenvalue weighted by atomic mass is 10.1. The molecular weight excluding hydrogens is 239 g/mol. The summed E-state index contributed by atoms with van der Waals surface area (Å²) < 4.78 is 18.9. The highest BCUT2D eigenvalue weighted by molar-refractivity contribution is 8.00. The number of para-hydroxylation sites is 1. The summed E-state index contributed by atoms with van der Waals surface area (Å²) in [6, 6.07) is 6.54. The van der Waals surface area contributed by atoms with Gasteiger partial charge in [0.05, 0.1) is 0 Å². The first-order valence-electron chi connectivity index (χ1n) is 5.73. The fraction of sp³-hybridized carbons (Fsp3) is 0.385. The van der Waals surface area contributed by atoms with Gasteiger partial charge in [0.15, 0.2) is 11.4 Å². The van der Waals surface area contributed by atoms with Gasteiger partial charge in [0, 0.05) is 10.6 Å². The largest absolute Gasteiger partial charge is 0.455 e. The molecule has 0 radical (unpaired) electrons. The molecule has 0 bridgehead atoms. The second kappa shape index (κ2) is 4.35. The van der Waals surface area contributed by atoms with Crippen LogP contribution in [0, 0.1) is 5.82 Å². The van der Waals surface area contributed by atoms with Crippen molar-refractivity contribution in [2.75, 3.05) is 5.75 Å². The number of fused-ring (bicyclic) bond motifs is 1. The van der Waals surface area contributed by atoms with Gasteiger partial charge in [0.1, 0.15) is 11.9 Å². The van der Waals surface area contributed by atoms with Gasteiger partial charge in [-0.15, -0.1) is 0 Å². The topological polar surface area (TPSA) is 33.4 Å². The first-order chi connectivity index (χ1) is 8.25. The van der Waals surface area contributed by atoms with E-state index in [1.165, 1.54) is 6.07 Å². The molecule has 1 N–H and O–H groups in total. The Balaban J connectivity index is 1.97. The van der Waals surface area contributed by atoms with Crippen LogP contribution in [0.25, 0.3) is 11.0 Å². The molecule has 2 atom stereocenters. The monoisotopic (exact) mass is 252 g/mol. The summed E-state index contributed by atoms with van der Waals surface area (Å²) in [6.07, 6.45) is 1.49. The third kappa shape index (κ3) is 1.96. The second-order valence-corrected chi connectivity index (χ2v) is 5.65. The number of rotatable bonds is 2. The van der Waals surface area contributed by atoms with Crippen molar-refractivity contribution in [2.24, 2.45) is 0 Å². The molecule has 0 amide bonds. The van der Waals surface area contributed by atoms with Crippen molar-refractivity contribution in [3.63, 3.8) is 0 Å². The summed E-state index contributed by atoms with van der Waals surface area (Å²) in [5.74, 6) is 1.18. The van der Waals surface area contributed by atoms with Crippen molar-refractivity contribution >= 4 is 22.7 Å². The second-order valence-electron chi connectivity index (χ2n) is 4.30. The highest BCUT2D eigenvalue weighted by Crippen LogP contribution is 2.37. The summed E-state index contributed by atoms with van der Waals surface area (Å²) in [7, 11) is 0.